The van der Waals surface area contributed by atoms with Gasteiger partial charge < -0.3 is 0 Å². The van der Waals surface area contributed by atoms with Crippen molar-refractivity contribution in [3.05, 3.63) is 0 Å². The molecule has 11 heteroatoms. The molecule has 5 fully saturated rings. The lowest BCUT2D eigenvalue weighted by atomic mass is 9.99. The van der Waals surface area contributed by atoms with E-state index < -0.39 is 0 Å². The first-order valence-electron chi connectivity index (χ1n) is 8.43. The van der Waals surface area contributed by atoms with E-state index in [1.54, 1.807) is 0 Å². The van der Waals surface area contributed by atoms with Crippen LogP contribution in [0, 0.1) is 5.41 Å². The lowest BCUT2D eigenvalue weighted by molar-refractivity contribution is 0.512. The van der Waals surface area contributed by atoms with E-state index in [2.05, 4.69) is 94.1 Å². The largest absolute Gasteiger partial charge is 0.153 e. The molecule has 26 heavy (non-hydrogen) atoms. The third kappa shape index (κ3) is 8.77. The lowest BCUT2D eigenvalue weighted by Crippen LogP contribution is -2.37. The molecule has 5 aliphatic rings. The van der Waals surface area contributed by atoms with E-state index >= 15 is 0 Å². The Kier molecular flexibility index (Phi) is 13.3. The maximum Gasteiger partial charge on any atom is 0.153 e. The molecule has 0 aromatic carbocycles. The highest BCUT2D eigenvalue weighted by atomic mass is 32.3. The predicted octanol–water partition coefficient (Wildman–Crippen LogP) is 7.48. The second kappa shape index (κ2) is 14.1. The van der Waals surface area contributed by atoms with E-state index in [4.69, 9.17) is 0 Å². The number of hydrogen-bond acceptors (Lipinski definition) is 11. The summed E-state index contributed by atoms with van der Waals surface area (Å²) in [6.45, 7) is 0. The third-order valence-electron chi connectivity index (χ3n) is 3.75. The first-order valence-corrected chi connectivity index (χ1v) is 20.5. The zero-order chi connectivity index (χ0) is 18.0. The first-order chi connectivity index (χ1) is 12.8. The lowest BCUT2D eigenvalue weighted by Gasteiger charge is -2.38. The van der Waals surface area contributed by atoms with Crippen molar-refractivity contribution in [2.24, 2.45) is 5.41 Å². The Morgan fingerprint density at radius 3 is 1.00 bits per heavy atom. The monoisotopic (exact) mass is 558 g/mol. The van der Waals surface area contributed by atoms with Crippen molar-refractivity contribution in [2.75, 3.05) is 71.4 Å². The molecule has 0 aromatic heterocycles. The van der Waals surface area contributed by atoms with Gasteiger partial charge in [-0.2, -0.15) is 47.0 Å². The molecule has 5 aliphatic heterocycles. The van der Waals surface area contributed by atoms with Gasteiger partial charge in [0.1, 0.15) is 0 Å². The molecule has 2 spiro atoms. The summed E-state index contributed by atoms with van der Waals surface area (Å²) in [5.74, 6) is 11.1. The van der Waals surface area contributed by atoms with Crippen molar-refractivity contribution >= 4 is 129 Å². The van der Waals surface area contributed by atoms with Gasteiger partial charge in [-0.05, 0) is 0 Å². The maximum atomic E-state index is 2.14. The van der Waals surface area contributed by atoms with E-state index in [-0.39, 0.29) is 0 Å². The highest BCUT2D eigenvalue weighted by Crippen LogP contribution is 2.62. The summed E-state index contributed by atoms with van der Waals surface area (Å²) < 4.78 is 0.556. The normalized spacial score (nSPS) is 29.5. The summed E-state index contributed by atoms with van der Waals surface area (Å²) in [6.07, 6.45) is 0. The molecule has 0 aromatic rings. The van der Waals surface area contributed by atoms with Crippen LogP contribution in [-0.4, -0.2) is 74.2 Å². The van der Waals surface area contributed by atoms with Crippen LogP contribution in [0.4, 0.5) is 0 Å². The van der Waals surface area contributed by atoms with Gasteiger partial charge in [0.2, 0.25) is 0 Å². The quantitative estimate of drug-likeness (QED) is 0.290. The minimum atomic E-state index is 0.556. The van der Waals surface area contributed by atoms with Crippen molar-refractivity contribution < 1.29 is 0 Å². The Morgan fingerprint density at radius 1 is 0.385 bits per heavy atom. The Morgan fingerprint density at radius 2 is 0.692 bits per heavy atom. The fraction of sp³-hybridized carbons (Fsp3) is 1.00. The van der Waals surface area contributed by atoms with Crippen molar-refractivity contribution in [1.82, 2.24) is 0 Å². The fourth-order valence-electron chi connectivity index (χ4n) is 2.60. The van der Waals surface area contributed by atoms with Crippen LogP contribution >= 0.6 is 129 Å². The molecule has 0 saturated carbocycles. The summed E-state index contributed by atoms with van der Waals surface area (Å²) in [6, 6.07) is 0. The smallest absolute Gasteiger partial charge is 0.150 e. The van der Waals surface area contributed by atoms with Crippen LogP contribution in [0.2, 0.25) is 0 Å². The summed E-state index contributed by atoms with van der Waals surface area (Å²) in [5.41, 5.74) is 0.709. The average Bonchev–Trinajstić information content (AvgIpc) is 3.38. The van der Waals surface area contributed by atoms with Gasteiger partial charge >= 0.3 is 0 Å². The van der Waals surface area contributed by atoms with Crippen molar-refractivity contribution in [3.8, 4) is 0 Å². The minimum Gasteiger partial charge on any atom is -0.150 e. The molecule has 0 atom stereocenters. The molecule has 152 valence electrons. The molecule has 5 saturated heterocycles. The molecule has 5 rings (SSSR count). The molecule has 0 N–H and O–H groups in total. The van der Waals surface area contributed by atoms with Gasteiger partial charge in [-0.1, -0.05) is 0 Å². The number of rotatable bonds is 0. The Bertz CT molecular complexity index is 317. The van der Waals surface area contributed by atoms with Gasteiger partial charge in [-0.25, -0.2) is 0 Å². The second-order valence-corrected chi connectivity index (χ2v) is 21.5. The summed E-state index contributed by atoms with van der Waals surface area (Å²) in [7, 11) is 0. The molecular formula is C15H26S11. The van der Waals surface area contributed by atoms with E-state index in [0.717, 1.165) is 0 Å². The van der Waals surface area contributed by atoms with E-state index in [1.807, 2.05) is 35.3 Å². The van der Waals surface area contributed by atoms with Gasteiger partial charge in [0.05, 0.1) is 0 Å². The first kappa shape index (κ1) is 24.5. The standard InChI is InChI=1S/C7H12S4.C5H8S4.C3H6S3/c1-7(2-9-5-8-1)3-10-6-11-4-7;1-2-7-5(6-1)8-3-4-9-5;1-4-2-6-3-5-1/h1-6H2;1-4H2;1-3H2. The van der Waals surface area contributed by atoms with Crippen LogP contribution in [0.25, 0.3) is 0 Å². The van der Waals surface area contributed by atoms with Gasteiger partial charge in [0.15, 0.2) is 2.74 Å². The summed E-state index contributed by atoms with van der Waals surface area (Å²) >= 11 is 23.2. The molecular weight excluding hydrogens is 533 g/mol. The maximum absolute atomic E-state index is 2.14. The zero-order valence-corrected chi connectivity index (χ0v) is 23.7. The van der Waals surface area contributed by atoms with Crippen molar-refractivity contribution in [1.29, 1.82) is 0 Å². The van der Waals surface area contributed by atoms with Gasteiger partial charge in [0, 0.05) is 76.9 Å². The van der Waals surface area contributed by atoms with Gasteiger partial charge in [-0.3, -0.25) is 0 Å². The molecule has 0 radical (unpaired) electrons. The van der Waals surface area contributed by atoms with Crippen molar-refractivity contribution in [2.45, 2.75) is 2.74 Å². The molecule has 0 amide bonds. The molecule has 0 nitrogen and oxygen atoms in total. The fourth-order valence-corrected chi connectivity index (χ4v) is 20.0. The molecule has 0 bridgehead atoms. The average molecular weight is 559 g/mol. The highest BCUT2D eigenvalue weighted by Gasteiger charge is 2.40. The number of thioether (sulfide) groups is 11. The van der Waals surface area contributed by atoms with Gasteiger partial charge in [-0.15, -0.1) is 82.3 Å². The predicted molar refractivity (Wildman–Crippen MR) is 152 cm³/mol. The molecule has 0 unspecified atom stereocenters. The van der Waals surface area contributed by atoms with Crippen LogP contribution in [0.1, 0.15) is 0 Å². The van der Waals surface area contributed by atoms with Crippen LogP contribution in [0.5, 0.6) is 0 Å². The van der Waals surface area contributed by atoms with E-state index in [9.17, 15) is 0 Å². The number of hydrogen-bond donors (Lipinski definition) is 0. The van der Waals surface area contributed by atoms with Crippen LogP contribution in [0.15, 0.2) is 0 Å². The summed E-state index contributed by atoms with van der Waals surface area (Å²) in [4.78, 5) is 0. The van der Waals surface area contributed by atoms with Gasteiger partial charge in [0.25, 0.3) is 0 Å². The molecule has 0 aliphatic carbocycles. The SMILES string of the molecule is C1CSC2(S1)SCCS2.C1SCC2(CS1)CSCSC2.C1SCSCS1. The third-order valence-corrected chi connectivity index (χ3v) is 21.5. The zero-order valence-electron chi connectivity index (χ0n) is 14.7. The van der Waals surface area contributed by atoms with E-state index in [0.29, 0.717) is 8.16 Å². The summed E-state index contributed by atoms with van der Waals surface area (Å²) in [5, 5.41) is 6.60. The van der Waals surface area contributed by atoms with Crippen LogP contribution in [-0.2, 0) is 0 Å². The van der Waals surface area contributed by atoms with E-state index in [1.165, 1.54) is 71.4 Å². The van der Waals surface area contributed by atoms with Crippen LogP contribution < -0.4 is 0 Å². The minimum absolute atomic E-state index is 0.556. The Balaban J connectivity index is 0.000000118. The highest BCUT2D eigenvalue weighted by molar-refractivity contribution is 8.50. The topological polar surface area (TPSA) is 0 Å². The Hall–Kier alpha value is 3.85. The second-order valence-electron chi connectivity index (χ2n) is 5.99. The van der Waals surface area contributed by atoms with Crippen molar-refractivity contribution in [3.63, 3.8) is 0 Å². The Labute approximate surface area is 206 Å². The van der Waals surface area contributed by atoms with Crippen LogP contribution in [0.3, 0.4) is 0 Å². The molecule has 5 heterocycles.